The molecule has 8 heteroatoms. The van der Waals surface area contributed by atoms with E-state index in [9.17, 15) is 13.2 Å². The largest absolute Gasteiger partial charge is 0.368 e. The molecule has 2 rings (SSSR count). The fourth-order valence-electron chi connectivity index (χ4n) is 2.26. The monoisotopic (exact) mass is 376 g/mol. The van der Waals surface area contributed by atoms with Crippen LogP contribution in [0.25, 0.3) is 0 Å². The fourth-order valence-corrected chi connectivity index (χ4v) is 3.47. The number of nitrogens with one attached hydrogen (secondary N) is 2. The van der Waals surface area contributed by atoms with Crippen LogP contribution >= 0.6 is 0 Å². The third-order valence-corrected chi connectivity index (χ3v) is 5.77. The summed E-state index contributed by atoms with van der Waals surface area (Å²) in [7, 11) is -2.30. The third-order valence-electron chi connectivity index (χ3n) is 3.97. The Morgan fingerprint density at radius 3 is 2.54 bits per heavy atom. The summed E-state index contributed by atoms with van der Waals surface area (Å²) in [6.07, 6.45) is 1.67. The molecule has 26 heavy (non-hydrogen) atoms. The number of sulfonamides is 1. The van der Waals surface area contributed by atoms with E-state index in [2.05, 4.69) is 15.6 Å². The van der Waals surface area contributed by atoms with Crippen molar-refractivity contribution in [1.29, 1.82) is 0 Å². The summed E-state index contributed by atoms with van der Waals surface area (Å²) >= 11 is 0. The summed E-state index contributed by atoms with van der Waals surface area (Å²) in [4.78, 5) is 16.3. The first-order valence-electron chi connectivity index (χ1n) is 8.26. The van der Waals surface area contributed by atoms with E-state index in [0.29, 0.717) is 13.1 Å². The van der Waals surface area contributed by atoms with E-state index in [0.717, 1.165) is 21.2 Å². The molecule has 0 aliphatic heterocycles. The lowest BCUT2D eigenvalue weighted by Gasteiger charge is -2.17. The summed E-state index contributed by atoms with van der Waals surface area (Å²) in [5.74, 6) is 0.360. The second-order valence-electron chi connectivity index (χ2n) is 6.00. The predicted octanol–water partition coefficient (Wildman–Crippen LogP) is 1.55. The van der Waals surface area contributed by atoms with Crippen molar-refractivity contribution in [2.45, 2.75) is 18.7 Å². The van der Waals surface area contributed by atoms with Crippen molar-refractivity contribution in [1.82, 2.24) is 14.6 Å². The van der Waals surface area contributed by atoms with Gasteiger partial charge in [0.15, 0.2) is 0 Å². The molecule has 1 heterocycles. The molecule has 0 aliphatic rings. The van der Waals surface area contributed by atoms with Crippen molar-refractivity contribution >= 4 is 21.7 Å². The van der Waals surface area contributed by atoms with E-state index in [1.165, 1.54) is 7.05 Å². The van der Waals surface area contributed by atoms with Crippen LogP contribution in [-0.2, 0) is 14.8 Å². The summed E-state index contributed by atoms with van der Waals surface area (Å²) in [5, 5.41) is 5.76. The first kappa shape index (κ1) is 19.9. The Morgan fingerprint density at radius 2 is 1.88 bits per heavy atom. The van der Waals surface area contributed by atoms with Gasteiger partial charge in [0, 0.05) is 26.3 Å². The van der Waals surface area contributed by atoms with Crippen molar-refractivity contribution in [2.75, 3.05) is 32.0 Å². The Hall–Kier alpha value is -2.45. The summed E-state index contributed by atoms with van der Waals surface area (Å²) in [6, 6.07) is 10.4. The lowest BCUT2D eigenvalue weighted by Crippen LogP contribution is -2.39. The number of rotatable bonds is 8. The second kappa shape index (κ2) is 8.77. The van der Waals surface area contributed by atoms with Crippen LogP contribution in [0.2, 0.25) is 0 Å². The molecule has 2 N–H and O–H groups in total. The number of anilines is 1. The van der Waals surface area contributed by atoms with Crippen molar-refractivity contribution in [3.05, 3.63) is 53.7 Å². The number of hydrogen-bond acceptors (Lipinski definition) is 5. The number of nitrogens with zero attached hydrogens (tertiary/aromatic N) is 2. The molecule has 0 saturated carbocycles. The zero-order valence-corrected chi connectivity index (χ0v) is 16.0. The highest BCUT2D eigenvalue weighted by Crippen LogP contribution is 2.17. The van der Waals surface area contributed by atoms with Gasteiger partial charge in [-0.15, -0.1) is 0 Å². The molecule has 1 amide bonds. The highest BCUT2D eigenvalue weighted by molar-refractivity contribution is 7.89. The molecule has 140 valence electrons. The molecule has 0 atom stereocenters. The van der Waals surface area contributed by atoms with E-state index in [4.69, 9.17) is 0 Å². The van der Waals surface area contributed by atoms with Gasteiger partial charge in [-0.25, -0.2) is 13.4 Å². The Labute approximate surface area is 154 Å². The first-order valence-corrected chi connectivity index (χ1v) is 9.70. The van der Waals surface area contributed by atoms with Crippen molar-refractivity contribution in [3.8, 4) is 0 Å². The summed E-state index contributed by atoms with van der Waals surface area (Å²) < 4.78 is 26.2. The predicted molar refractivity (Wildman–Crippen MR) is 101 cm³/mol. The van der Waals surface area contributed by atoms with E-state index >= 15 is 0 Å². The Balaban J connectivity index is 1.84. The molecule has 0 fully saturated rings. The number of aryl methyl sites for hydroxylation is 2. The third kappa shape index (κ3) is 5.27. The Morgan fingerprint density at radius 1 is 1.12 bits per heavy atom. The van der Waals surface area contributed by atoms with Crippen LogP contribution in [0.15, 0.2) is 47.5 Å². The van der Waals surface area contributed by atoms with Crippen LogP contribution in [0, 0.1) is 13.8 Å². The molecule has 1 aromatic carbocycles. The van der Waals surface area contributed by atoms with Crippen LogP contribution in [0.5, 0.6) is 0 Å². The molecule has 0 radical (unpaired) electrons. The van der Waals surface area contributed by atoms with E-state index < -0.39 is 10.0 Å². The molecule has 0 unspecified atom stereocenters. The maximum Gasteiger partial charge on any atom is 0.243 e. The lowest BCUT2D eigenvalue weighted by molar-refractivity contribution is -0.121. The SMILES string of the molecule is Cc1ccc(S(=O)(=O)N(C)CC(=O)NCCNc2ccccn2)cc1C. The summed E-state index contributed by atoms with van der Waals surface area (Å²) in [5.41, 5.74) is 1.91. The van der Waals surface area contributed by atoms with Crippen LogP contribution < -0.4 is 10.6 Å². The minimum absolute atomic E-state index is 0.188. The van der Waals surface area contributed by atoms with Gasteiger partial charge in [-0.05, 0) is 49.2 Å². The average molecular weight is 376 g/mol. The molecule has 7 nitrogen and oxygen atoms in total. The average Bonchev–Trinajstić information content (AvgIpc) is 2.61. The van der Waals surface area contributed by atoms with Crippen LogP contribution in [0.3, 0.4) is 0 Å². The fraction of sp³-hybridized carbons (Fsp3) is 0.333. The number of aromatic nitrogens is 1. The second-order valence-corrected chi connectivity index (χ2v) is 8.04. The maximum absolute atomic E-state index is 12.6. The molecule has 0 bridgehead atoms. The van der Waals surface area contributed by atoms with Gasteiger partial charge >= 0.3 is 0 Å². The minimum Gasteiger partial charge on any atom is -0.368 e. The highest BCUT2D eigenvalue weighted by Gasteiger charge is 2.23. The van der Waals surface area contributed by atoms with Crippen LogP contribution in [-0.4, -0.2) is 50.3 Å². The van der Waals surface area contributed by atoms with Crippen LogP contribution in [0.4, 0.5) is 5.82 Å². The highest BCUT2D eigenvalue weighted by atomic mass is 32.2. The van der Waals surface area contributed by atoms with Gasteiger partial charge in [0.25, 0.3) is 0 Å². The molecular formula is C18H24N4O3S. The van der Waals surface area contributed by atoms with Gasteiger partial charge in [-0.1, -0.05) is 12.1 Å². The van der Waals surface area contributed by atoms with E-state index in [-0.39, 0.29) is 17.3 Å². The molecular weight excluding hydrogens is 352 g/mol. The van der Waals surface area contributed by atoms with Crippen molar-refractivity contribution in [2.24, 2.45) is 0 Å². The quantitative estimate of drug-likeness (QED) is 0.682. The zero-order chi connectivity index (χ0) is 19.2. The van der Waals surface area contributed by atoms with Crippen molar-refractivity contribution in [3.63, 3.8) is 0 Å². The number of likely N-dealkylation sites (N-methyl/N-ethyl adjacent to an activating group) is 1. The van der Waals surface area contributed by atoms with Gasteiger partial charge in [0.2, 0.25) is 15.9 Å². The number of amides is 1. The number of carbonyl (C=O) groups is 1. The molecule has 0 aliphatic carbocycles. The normalized spacial score (nSPS) is 11.4. The number of pyridine rings is 1. The van der Waals surface area contributed by atoms with E-state index in [1.807, 2.05) is 32.0 Å². The number of benzene rings is 1. The standard InChI is InChI=1S/C18H24N4O3S/c1-14-7-8-16(12-15(14)2)26(24,25)22(3)13-18(23)21-11-10-20-17-6-4-5-9-19-17/h4-9,12H,10-11,13H2,1-3H3,(H,19,20)(H,21,23). The molecule has 2 aromatic rings. The first-order chi connectivity index (χ1) is 12.3. The maximum atomic E-state index is 12.6. The number of hydrogen-bond donors (Lipinski definition) is 2. The topological polar surface area (TPSA) is 91.4 Å². The van der Waals surface area contributed by atoms with Gasteiger partial charge in [-0.2, -0.15) is 4.31 Å². The lowest BCUT2D eigenvalue weighted by atomic mass is 10.1. The molecule has 1 aromatic heterocycles. The van der Waals surface area contributed by atoms with Gasteiger partial charge in [0.05, 0.1) is 11.4 Å². The van der Waals surface area contributed by atoms with Gasteiger partial charge in [-0.3, -0.25) is 4.79 Å². The van der Waals surface area contributed by atoms with Crippen LogP contribution in [0.1, 0.15) is 11.1 Å². The smallest absolute Gasteiger partial charge is 0.243 e. The molecule has 0 saturated heterocycles. The van der Waals surface area contributed by atoms with Crippen molar-refractivity contribution < 1.29 is 13.2 Å². The van der Waals surface area contributed by atoms with E-state index in [1.54, 1.807) is 24.4 Å². The Bertz CT molecular complexity index is 854. The Kier molecular flexibility index (Phi) is 6.70. The minimum atomic E-state index is -3.70. The number of carbonyl (C=O) groups excluding carboxylic acids is 1. The zero-order valence-electron chi connectivity index (χ0n) is 15.2. The summed E-state index contributed by atoms with van der Waals surface area (Å²) in [6.45, 7) is 4.40. The molecule has 0 spiro atoms. The van der Waals surface area contributed by atoms with Gasteiger partial charge < -0.3 is 10.6 Å². The van der Waals surface area contributed by atoms with Gasteiger partial charge in [0.1, 0.15) is 5.82 Å².